The van der Waals surface area contributed by atoms with Crippen LogP contribution in [0.5, 0.6) is 0 Å². The molecule has 28 heavy (non-hydrogen) atoms. The molecular formula is C21H22N4O3. The summed E-state index contributed by atoms with van der Waals surface area (Å²) >= 11 is 0. The molecule has 0 aliphatic carbocycles. The molecule has 1 aromatic carbocycles. The topological polar surface area (TPSA) is 110 Å². The molecule has 0 radical (unpaired) electrons. The van der Waals surface area contributed by atoms with Gasteiger partial charge in [-0.05, 0) is 44.5 Å². The molecule has 3 rings (SSSR count). The van der Waals surface area contributed by atoms with Crippen LogP contribution in [0.25, 0.3) is 22.7 Å². The molecule has 0 unspecified atom stereocenters. The molecule has 0 fully saturated rings. The van der Waals surface area contributed by atoms with Crippen molar-refractivity contribution >= 4 is 40.5 Å². The average molecular weight is 378 g/mol. The van der Waals surface area contributed by atoms with E-state index in [9.17, 15) is 9.59 Å². The van der Waals surface area contributed by atoms with Crippen molar-refractivity contribution in [2.45, 2.75) is 26.4 Å². The van der Waals surface area contributed by atoms with Gasteiger partial charge < -0.3 is 15.5 Å². The van der Waals surface area contributed by atoms with Crippen molar-refractivity contribution in [3.63, 3.8) is 0 Å². The van der Waals surface area contributed by atoms with Gasteiger partial charge in [0.1, 0.15) is 17.1 Å². The summed E-state index contributed by atoms with van der Waals surface area (Å²) < 4.78 is 5.23. The van der Waals surface area contributed by atoms with Crippen LogP contribution in [-0.2, 0) is 9.53 Å². The highest BCUT2D eigenvalue weighted by atomic mass is 16.6. The molecule has 0 spiro atoms. The van der Waals surface area contributed by atoms with E-state index >= 15 is 0 Å². The number of aromatic nitrogens is 2. The van der Waals surface area contributed by atoms with Gasteiger partial charge in [0, 0.05) is 22.7 Å². The number of anilines is 1. The van der Waals surface area contributed by atoms with Crippen LogP contribution in [0.3, 0.4) is 0 Å². The van der Waals surface area contributed by atoms with Gasteiger partial charge in [0.2, 0.25) is 5.91 Å². The standard InChI is InChI=1S/C21H22N4O3/c1-21(2,3)28-20(27)25-17-10-9-15-14(12-23-19(15)24-17)11-16(18(22)26)13-7-5-4-6-8-13/h4-12H,1-3H3,(H2,22,26)(H2,23,24,25,27). The maximum atomic E-state index is 11.9. The van der Waals surface area contributed by atoms with Crippen LogP contribution in [0.4, 0.5) is 10.6 Å². The minimum absolute atomic E-state index is 0.359. The molecule has 0 aliphatic rings. The lowest BCUT2D eigenvalue weighted by Crippen LogP contribution is -2.27. The van der Waals surface area contributed by atoms with Gasteiger partial charge in [-0.3, -0.25) is 10.1 Å². The van der Waals surface area contributed by atoms with E-state index in [2.05, 4.69) is 15.3 Å². The van der Waals surface area contributed by atoms with Crippen molar-refractivity contribution in [1.82, 2.24) is 9.97 Å². The van der Waals surface area contributed by atoms with Crippen LogP contribution >= 0.6 is 0 Å². The van der Waals surface area contributed by atoms with E-state index in [0.717, 1.165) is 16.5 Å². The Morgan fingerprint density at radius 2 is 1.86 bits per heavy atom. The van der Waals surface area contributed by atoms with Gasteiger partial charge in [0.25, 0.3) is 0 Å². The summed E-state index contributed by atoms with van der Waals surface area (Å²) in [6.07, 6.45) is 2.88. The Balaban J connectivity index is 1.90. The van der Waals surface area contributed by atoms with E-state index in [0.29, 0.717) is 17.0 Å². The molecule has 7 nitrogen and oxygen atoms in total. The highest BCUT2D eigenvalue weighted by molar-refractivity contribution is 6.24. The number of primary amides is 1. The largest absolute Gasteiger partial charge is 0.444 e. The van der Waals surface area contributed by atoms with E-state index in [4.69, 9.17) is 10.5 Å². The average Bonchev–Trinajstić information content (AvgIpc) is 3.00. The number of aromatic amines is 1. The number of hydrogen-bond acceptors (Lipinski definition) is 4. The van der Waals surface area contributed by atoms with Crippen molar-refractivity contribution < 1.29 is 14.3 Å². The molecule has 7 heteroatoms. The highest BCUT2D eigenvalue weighted by Crippen LogP contribution is 2.24. The predicted molar refractivity (Wildman–Crippen MR) is 109 cm³/mol. The second-order valence-corrected chi connectivity index (χ2v) is 7.25. The minimum Gasteiger partial charge on any atom is -0.444 e. The second-order valence-electron chi connectivity index (χ2n) is 7.25. The van der Waals surface area contributed by atoms with Crippen molar-refractivity contribution in [3.8, 4) is 0 Å². The number of carbonyl (C=O) groups is 2. The van der Waals surface area contributed by atoms with Crippen LogP contribution in [0, 0.1) is 0 Å². The Morgan fingerprint density at radius 1 is 1.14 bits per heavy atom. The molecule has 2 aromatic heterocycles. The number of nitrogens with one attached hydrogen (secondary N) is 2. The number of pyridine rings is 1. The van der Waals surface area contributed by atoms with Gasteiger partial charge in [-0.15, -0.1) is 0 Å². The summed E-state index contributed by atoms with van der Waals surface area (Å²) in [5.74, 6) is -0.158. The van der Waals surface area contributed by atoms with Crippen molar-refractivity contribution in [1.29, 1.82) is 0 Å². The Kier molecular flexibility index (Phi) is 5.17. The highest BCUT2D eigenvalue weighted by Gasteiger charge is 2.17. The quantitative estimate of drug-likeness (QED) is 0.597. The molecule has 2 heterocycles. The molecular weight excluding hydrogens is 356 g/mol. The van der Waals surface area contributed by atoms with Gasteiger partial charge in [0.05, 0.1) is 0 Å². The summed E-state index contributed by atoms with van der Waals surface area (Å²) in [5, 5.41) is 3.40. The molecule has 0 saturated heterocycles. The summed E-state index contributed by atoms with van der Waals surface area (Å²) in [7, 11) is 0. The third-order valence-electron chi connectivity index (χ3n) is 3.85. The first kappa shape index (κ1) is 19.2. The van der Waals surface area contributed by atoms with Gasteiger partial charge in [0.15, 0.2) is 0 Å². The predicted octanol–water partition coefficient (Wildman–Crippen LogP) is 3.94. The fourth-order valence-electron chi connectivity index (χ4n) is 2.69. The van der Waals surface area contributed by atoms with Gasteiger partial charge >= 0.3 is 6.09 Å². The first-order chi connectivity index (χ1) is 13.2. The first-order valence-electron chi connectivity index (χ1n) is 8.78. The van der Waals surface area contributed by atoms with Crippen molar-refractivity contribution in [2.75, 3.05) is 5.32 Å². The van der Waals surface area contributed by atoms with E-state index in [1.165, 1.54) is 0 Å². The van der Waals surface area contributed by atoms with E-state index in [1.807, 2.05) is 30.3 Å². The monoisotopic (exact) mass is 378 g/mol. The molecule has 4 N–H and O–H groups in total. The number of ether oxygens (including phenoxy) is 1. The fraction of sp³-hybridized carbons (Fsp3) is 0.190. The number of amides is 2. The molecule has 3 aromatic rings. The maximum Gasteiger partial charge on any atom is 0.413 e. The lowest BCUT2D eigenvalue weighted by molar-refractivity contribution is -0.112. The molecule has 0 aliphatic heterocycles. The smallest absolute Gasteiger partial charge is 0.413 e. The van der Waals surface area contributed by atoms with Crippen LogP contribution < -0.4 is 11.1 Å². The van der Waals surface area contributed by atoms with E-state index < -0.39 is 17.6 Å². The Labute approximate surface area is 162 Å². The Bertz CT molecular complexity index is 1050. The summed E-state index contributed by atoms with van der Waals surface area (Å²) in [5.41, 5.74) is 7.44. The second kappa shape index (κ2) is 7.56. The van der Waals surface area contributed by atoms with Gasteiger partial charge in [-0.2, -0.15) is 0 Å². The van der Waals surface area contributed by atoms with E-state index in [-0.39, 0.29) is 0 Å². The SMILES string of the molecule is CC(C)(C)OC(=O)Nc1ccc2c(C=C(C(N)=O)c3ccccc3)c[nH]c2n1. The van der Waals surface area contributed by atoms with Gasteiger partial charge in [-0.25, -0.2) is 9.78 Å². The summed E-state index contributed by atoms with van der Waals surface area (Å²) in [6.45, 7) is 5.36. The fourth-order valence-corrected chi connectivity index (χ4v) is 2.69. The first-order valence-corrected chi connectivity index (χ1v) is 8.78. The maximum absolute atomic E-state index is 11.9. The Morgan fingerprint density at radius 3 is 2.50 bits per heavy atom. The number of benzene rings is 1. The summed E-state index contributed by atoms with van der Waals surface area (Å²) in [6, 6.07) is 12.7. The lowest BCUT2D eigenvalue weighted by Gasteiger charge is -2.19. The number of H-pyrrole nitrogens is 1. The third kappa shape index (κ3) is 4.56. The zero-order valence-corrected chi connectivity index (χ0v) is 15.9. The zero-order chi connectivity index (χ0) is 20.3. The van der Waals surface area contributed by atoms with E-state index in [1.54, 1.807) is 45.2 Å². The molecule has 0 bridgehead atoms. The molecule has 144 valence electrons. The Hall–Kier alpha value is -3.61. The van der Waals surface area contributed by atoms with Crippen LogP contribution in [-0.4, -0.2) is 27.6 Å². The number of rotatable bonds is 4. The normalized spacial score (nSPS) is 12.0. The van der Waals surface area contributed by atoms with Crippen LogP contribution in [0.2, 0.25) is 0 Å². The molecule has 0 saturated carbocycles. The third-order valence-corrected chi connectivity index (χ3v) is 3.85. The van der Waals surface area contributed by atoms with Crippen molar-refractivity contribution in [3.05, 3.63) is 59.8 Å². The zero-order valence-electron chi connectivity index (χ0n) is 15.9. The van der Waals surface area contributed by atoms with Gasteiger partial charge in [-0.1, -0.05) is 30.3 Å². The number of nitrogens with two attached hydrogens (primary N) is 1. The molecule has 0 atom stereocenters. The minimum atomic E-state index is -0.596. The van der Waals surface area contributed by atoms with Crippen LogP contribution in [0.1, 0.15) is 31.9 Å². The number of nitrogens with zero attached hydrogens (tertiary/aromatic N) is 1. The number of hydrogen-bond donors (Lipinski definition) is 3. The van der Waals surface area contributed by atoms with Crippen molar-refractivity contribution in [2.24, 2.45) is 5.73 Å². The number of carbonyl (C=O) groups excluding carboxylic acids is 2. The lowest BCUT2D eigenvalue weighted by atomic mass is 10.0. The molecule has 2 amide bonds. The number of fused-ring (bicyclic) bond motifs is 1. The summed E-state index contributed by atoms with van der Waals surface area (Å²) in [4.78, 5) is 31.2. The van der Waals surface area contributed by atoms with Crippen LogP contribution in [0.15, 0.2) is 48.7 Å².